The van der Waals surface area contributed by atoms with Gasteiger partial charge in [-0.2, -0.15) is 0 Å². The number of nitrogens with one attached hydrogen (secondary N) is 1. The predicted molar refractivity (Wildman–Crippen MR) is 117 cm³/mol. The van der Waals surface area contributed by atoms with Gasteiger partial charge in [0.25, 0.3) is 0 Å². The second-order valence-electron chi connectivity index (χ2n) is 6.98. The number of hydrogen-bond donors (Lipinski definition) is 1. The molecule has 1 amide bonds. The van der Waals surface area contributed by atoms with Crippen molar-refractivity contribution < 1.29 is 17.9 Å². The molecular weight excluding hydrogens is 388 g/mol. The Morgan fingerprint density at radius 3 is 2.34 bits per heavy atom. The minimum absolute atomic E-state index is 0.0760. The highest BCUT2D eigenvalue weighted by atomic mass is 32.2. The molecule has 0 bridgehead atoms. The van der Waals surface area contributed by atoms with Crippen molar-refractivity contribution >= 4 is 21.6 Å². The van der Waals surface area contributed by atoms with E-state index in [4.69, 9.17) is 4.74 Å². The molecule has 0 aliphatic carbocycles. The quantitative estimate of drug-likeness (QED) is 0.605. The molecule has 2 aromatic rings. The summed E-state index contributed by atoms with van der Waals surface area (Å²) in [5.74, 6) is 0.834. The lowest BCUT2D eigenvalue weighted by Gasteiger charge is -2.22. The van der Waals surface area contributed by atoms with E-state index in [0.29, 0.717) is 31.0 Å². The Morgan fingerprint density at radius 1 is 1.10 bits per heavy atom. The fraction of sp³-hybridized carbons (Fsp3) is 0.409. The van der Waals surface area contributed by atoms with Gasteiger partial charge in [-0.15, -0.1) is 0 Å². The number of anilines is 1. The van der Waals surface area contributed by atoms with Crippen molar-refractivity contribution in [3.8, 4) is 5.75 Å². The van der Waals surface area contributed by atoms with E-state index < -0.39 is 10.0 Å². The van der Waals surface area contributed by atoms with Gasteiger partial charge in [-0.1, -0.05) is 37.3 Å². The molecular formula is C22H30N2O4S. The summed E-state index contributed by atoms with van der Waals surface area (Å²) in [6.07, 6.45) is 1.88. The minimum atomic E-state index is -3.44. The smallest absolute Gasteiger partial charge is 0.232 e. The first kappa shape index (κ1) is 22.7. The number of rotatable bonds is 11. The van der Waals surface area contributed by atoms with Gasteiger partial charge >= 0.3 is 0 Å². The lowest BCUT2D eigenvalue weighted by molar-refractivity contribution is -0.121. The van der Waals surface area contributed by atoms with Crippen LogP contribution in [0.4, 0.5) is 5.69 Å². The average Bonchev–Trinajstić information content (AvgIpc) is 2.70. The molecule has 0 fully saturated rings. The number of hydrogen-bond acceptors (Lipinski definition) is 4. The third kappa shape index (κ3) is 7.42. The van der Waals surface area contributed by atoms with Crippen molar-refractivity contribution in [3.05, 3.63) is 60.2 Å². The zero-order chi connectivity index (χ0) is 21.3. The molecule has 0 unspecified atom stereocenters. The van der Waals surface area contributed by atoms with Crippen LogP contribution in [0, 0.1) is 0 Å². The predicted octanol–water partition coefficient (Wildman–Crippen LogP) is 3.55. The second-order valence-corrected chi connectivity index (χ2v) is 8.89. The van der Waals surface area contributed by atoms with Crippen molar-refractivity contribution in [2.45, 2.75) is 32.6 Å². The Labute approximate surface area is 173 Å². The Balaban J connectivity index is 1.85. The Morgan fingerprint density at radius 2 is 1.76 bits per heavy atom. The summed E-state index contributed by atoms with van der Waals surface area (Å²) in [6, 6.07) is 16.9. The molecule has 0 heterocycles. The van der Waals surface area contributed by atoms with Crippen LogP contribution in [0.25, 0.3) is 0 Å². The first-order valence-electron chi connectivity index (χ1n) is 9.83. The number of carbonyl (C=O) groups is 1. The van der Waals surface area contributed by atoms with Gasteiger partial charge in [-0.3, -0.25) is 9.10 Å². The van der Waals surface area contributed by atoms with E-state index in [1.54, 1.807) is 24.3 Å². The van der Waals surface area contributed by atoms with Gasteiger partial charge in [0.2, 0.25) is 15.9 Å². The van der Waals surface area contributed by atoms with Gasteiger partial charge in [0.1, 0.15) is 5.75 Å². The zero-order valence-electron chi connectivity index (χ0n) is 17.3. The Kier molecular flexibility index (Phi) is 8.51. The van der Waals surface area contributed by atoms with Crippen molar-refractivity contribution in [2.75, 3.05) is 30.3 Å². The molecule has 0 aromatic heterocycles. The van der Waals surface area contributed by atoms with Crippen LogP contribution in [0.2, 0.25) is 0 Å². The van der Waals surface area contributed by atoms with E-state index in [0.717, 1.165) is 0 Å². The SMILES string of the molecule is CCOc1ccc(N(CCCC(=O)NC[C@@H](C)c2ccccc2)S(C)(=O)=O)cc1. The number of nitrogens with zero attached hydrogens (tertiary/aromatic N) is 1. The maximum absolute atomic E-state index is 12.2. The van der Waals surface area contributed by atoms with Gasteiger partial charge in [0.05, 0.1) is 18.6 Å². The van der Waals surface area contributed by atoms with Crippen LogP contribution in [-0.2, 0) is 14.8 Å². The van der Waals surface area contributed by atoms with E-state index in [1.165, 1.54) is 16.1 Å². The Hall–Kier alpha value is -2.54. The number of benzene rings is 2. The summed E-state index contributed by atoms with van der Waals surface area (Å²) in [6.45, 7) is 5.30. The van der Waals surface area contributed by atoms with Crippen molar-refractivity contribution in [2.24, 2.45) is 0 Å². The first-order chi connectivity index (χ1) is 13.8. The van der Waals surface area contributed by atoms with Gasteiger partial charge in [0.15, 0.2) is 0 Å². The number of amides is 1. The molecule has 158 valence electrons. The molecule has 0 radical (unpaired) electrons. The standard InChI is InChI=1S/C22H30N2O4S/c1-4-28-21-14-12-20(13-15-21)24(29(3,26)27)16-8-11-22(25)23-17-18(2)19-9-6-5-7-10-19/h5-7,9-10,12-15,18H,4,8,11,16-17H2,1-3H3,(H,23,25)/t18-/m1/s1. The molecule has 0 saturated heterocycles. The highest BCUT2D eigenvalue weighted by Crippen LogP contribution is 2.22. The minimum Gasteiger partial charge on any atom is -0.494 e. The van der Waals surface area contributed by atoms with E-state index in [2.05, 4.69) is 12.2 Å². The molecule has 0 spiro atoms. The van der Waals surface area contributed by atoms with Crippen molar-refractivity contribution in [3.63, 3.8) is 0 Å². The molecule has 2 aromatic carbocycles. The molecule has 29 heavy (non-hydrogen) atoms. The summed E-state index contributed by atoms with van der Waals surface area (Å²) in [5, 5.41) is 2.93. The van der Waals surface area contributed by atoms with E-state index in [9.17, 15) is 13.2 Å². The summed E-state index contributed by atoms with van der Waals surface area (Å²) >= 11 is 0. The fourth-order valence-corrected chi connectivity index (χ4v) is 3.97. The monoisotopic (exact) mass is 418 g/mol. The molecule has 1 N–H and O–H groups in total. The second kappa shape index (κ2) is 10.9. The highest BCUT2D eigenvalue weighted by Gasteiger charge is 2.18. The highest BCUT2D eigenvalue weighted by molar-refractivity contribution is 7.92. The maximum Gasteiger partial charge on any atom is 0.232 e. The van der Waals surface area contributed by atoms with Gasteiger partial charge in [-0.05, 0) is 49.1 Å². The normalized spacial score (nSPS) is 12.2. The van der Waals surface area contributed by atoms with Gasteiger partial charge in [0, 0.05) is 19.5 Å². The third-order valence-electron chi connectivity index (χ3n) is 4.58. The maximum atomic E-state index is 12.2. The lowest BCUT2D eigenvalue weighted by Crippen LogP contribution is -2.32. The van der Waals surface area contributed by atoms with Crippen LogP contribution in [-0.4, -0.2) is 40.3 Å². The van der Waals surface area contributed by atoms with Crippen molar-refractivity contribution in [1.82, 2.24) is 5.32 Å². The average molecular weight is 419 g/mol. The van der Waals surface area contributed by atoms with Crippen LogP contribution in [0.3, 0.4) is 0 Å². The van der Waals surface area contributed by atoms with Crippen molar-refractivity contribution in [1.29, 1.82) is 0 Å². The van der Waals surface area contributed by atoms with Gasteiger partial charge in [-0.25, -0.2) is 8.42 Å². The summed E-state index contributed by atoms with van der Waals surface area (Å²) in [7, 11) is -3.44. The van der Waals surface area contributed by atoms with E-state index >= 15 is 0 Å². The molecule has 0 aliphatic heterocycles. The van der Waals surface area contributed by atoms with Crippen LogP contribution >= 0.6 is 0 Å². The zero-order valence-corrected chi connectivity index (χ0v) is 18.1. The fourth-order valence-electron chi connectivity index (χ4n) is 3.00. The van der Waals surface area contributed by atoms with Crippen LogP contribution < -0.4 is 14.4 Å². The summed E-state index contributed by atoms with van der Waals surface area (Å²) in [5.41, 5.74) is 1.74. The molecule has 7 heteroatoms. The van der Waals surface area contributed by atoms with Gasteiger partial charge < -0.3 is 10.1 Å². The molecule has 2 rings (SSSR count). The van der Waals surface area contributed by atoms with Crippen LogP contribution in [0.15, 0.2) is 54.6 Å². The lowest BCUT2D eigenvalue weighted by atomic mass is 10.0. The number of carbonyl (C=O) groups excluding carboxylic acids is 1. The summed E-state index contributed by atoms with van der Waals surface area (Å²) < 4.78 is 31.1. The topological polar surface area (TPSA) is 75.7 Å². The molecule has 6 nitrogen and oxygen atoms in total. The third-order valence-corrected chi connectivity index (χ3v) is 5.77. The van der Waals surface area contributed by atoms with Crippen LogP contribution in [0.1, 0.15) is 38.2 Å². The summed E-state index contributed by atoms with van der Waals surface area (Å²) in [4.78, 5) is 12.2. The molecule has 0 aliphatic rings. The van der Waals surface area contributed by atoms with Crippen LogP contribution in [0.5, 0.6) is 5.75 Å². The largest absolute Gasteiger partial charge is 0.494 e. The first-order valence-corrected chi connectivity index (χ1v) is 11.7. The molecule has 0 saturated carbocycles. The molecule has 1 atom stereocenters. The number of ether oxygens (including phenoxy) is 1. The number of sulfonamides is 1. The van der Waals surface area contributed by atoms with E-state index in [-0.39, 0.29) is 24.8 Å². The Bertz CT molecular complexity index is 867. The van der Waals surface area contributed by atoms with E-state index in [1.807, 2.05) is 37.3 Å².